The Morgan fingerprint density at radius 2 is 2.19 bits per heavy atom. The molecule has 3 heterocycles. The van der Waals surface area contributed by atoms with Gasteiger partial charge in [0.2, 0.25) is 5.95 Å². The van der Waals surface area contributed by atoms with Crippen molar-refractivity contribution in [2.45, 2.75) is 6.54 Å². The van der Waals surface area contributed by atoms with Crippen LogP contribution in [0.15, 0.2) is 35.5 Å². The highest BCUT2D eigenvalue weighted by molar-refractivity contribution is 6.17. The zero-order chi connectivity index (χ0) is 14.8. The second-order valence-electron chi connectivity index (χ2n) is 4.51. The molecular weight excluding hydrogens is 292 g/mol. The third-order valence-electron chi connectivity index (χ3n) is 2.99. The number of hydrogen-bond acceptors (Lipinski definition) is 5. The maximum Gasteiger partial charge on any atom is 0.252 e. The van der Waals surface area contributed by atoms with Crippen LogP contribution >= 0.6 is 11.6 Å². The molecule has 108 valence electrons. The van der Waals surface area contributed by atoms with E-state index in [1.54, 1.807) is 27.7 Å². The lowest BCUT2D eigenvalue weighted by molar-refractivity contribution is 0.754. The number of anilines is 2. The van der Waals surface area contributed by atoms with Crippen LogP contribution in [0.3, 0.4) is 0 Å². The van der Waals surface area contributed by atoms with Crippen LogP contribution in [-0.4, -0.2) is 30.2 Å². The molecule has 0 aliphatic carbocycles. The van der Waals surface area contributed by atoms with E-state index in [-0.39, 0.29) is 5.56 Å². The Morgan fingerprint density at radius 1 is 1.33 bits per heavy atom. The molecule has 0 atom stereocenters. The number of fused-ring (bicyclic) bond motifs is 1. The van der Waals surface area contributed by atoms with Crippen molar-refractivity contribution in [1.29, 1.82) is 0 Å². The number of rotatable bonds is 4. The lowest BCUT2D eigenvalue weighted by Gasteiger charge is -2.08. The minimum Gasteiger partial charge on any atom is -0.321 e. The Hall–Kier alpha value is -2.41. The van der Waals surface area contributed by atoms with Gasteiger partial charge in [0, 0.05) is 43.3 Å². The molecule has 3 aromatic rings. The quantitative estimate of drug-likeness (QED) is 0.739. The number of alkyl halides is 1. The Balaban J connectivity index is 2.05. The van der Waals surface area contributed by atoms with Gasteiger partial charge < -0.3 is 5.32 Å². The van der Waals surface area contributed by atoms with Crippen LogP contribution in [0.2, 0.25) is 0 Å². The van der Waals surface area contributed by atoms with E-state index in [1.807, 2.05) is 13.2 Å². The standard InChI is InChI=1S/C13H13ClN6O/c1-19-8-10(7-16-19)17-13-15-6-9-2-3-11(21)20(5-4-14)12(9)18-13/h2-3,6-8H,4-5H2,1H3,(H,15,17,18). The SMILES string of the molecule is Cn1cc(Nc2ncc3ccc(=O)n(CCCl)c3n2)cn1. The molecule has 0 fully saturated rings. The first kappa shape index (κ1) is 13.6. The molecule has 21 heavy (non-hydrogen) atoms. The van der Waals surface area contributed by atoms with Gasteiger partial charge in [0.25, 0.3) is 5.56 Å². The summed E-state index contributed by atoms with van der Waals surface area (Å²) in [6.45, 7) is 0.404. The predicted octanol–water partition coefficient (Wildman–Crippen LogP) is 1.51. The molecule has 0 aromatic carbocycles. The minimum atomic E-state index is -0.130. The molecule has 0 aliphatic heterocycles. The van der Waals surface area contributed by atoms with Crippen molar-refractivity contribution >= 4 is 34.3 Å². The first-order valence-corrected chi connectivity index (χ1v) is 6.89. The average Bonchev–Trinajstić information content (AvgIpc) is 2.87. The van der Waals surface area contributed by atoms with Crippen LogP contribution < -0.4 is 10.9 Å². The number of hydrogen-bond donors (Lipinski definition) is 1. The fourth-order valence-electron chi connectivity index (χ4n) is 2.05. The van der Waals surface area contributed by atoms with E-state index >= 15 is 0 Å². The van der Waals surface area contributed by atoms with Gasteiger partial charge in [-0.2, -0.15) is 10.1 Å². The third kappa shape index (κ3) is 2.73. The van der Waals surface area contributed by atoms with Crippen LogP contribution in [0.5, 0.6) is 0 Å². The lowest BCUT2D eigenvalue weighted by Crippen LogP contribution is -2.21. The second-order valence-corrected chi connectivity index (χ2v) is 4.89. The maximum absolute atomic E-state index is 11.9. The van der Waals surface area contributed by atoms with Crippen LogP contribution in [0.1, 0.15) is 0 Å². The highest BCUT2D eigenvalue weighted by atomic mass is 35.5. The molecule has 0 bridgehead atoms. The summed E-state index contributed by atoms with van der Waals surface area (Å²) in [4.78, 5) is 20.5. The highest BCUT2D eigenvalue weighted by Gasteiger charge is 2.07. The molecule has 3 rings (SSSR count). The molecule has 0 amide bonds. The number of aryl methyl sites for hydroxylation is 2. The van der Waals surface area contributed by atoms with Crippen molar-refractivity contribution < 1.29 is 0 Å². The van der Waals surface area contributed by atoms with E-state index in [0.717, 1.165) is 11.1 Å². The third-order valence-corrected chi connectivity index (χ3v) is 3.16. The molecule has 0 aliphatic rings. The molecular formula is C13H13ClN6O. The van der Waals surface area contributed by atoms with Crippen molar-refractivity contribution in [3.05, 3.63) is 41.1 Å². The molecule has 1 N–H and O–H groups in total. The maximum atomic E-state index is 11.9. The number of pyridine rings is 1. The predicted molar refractivity (Wildman–Crippen MR) is 81.0 cm³/mol. The van der Waals surface area contributed by atoms with E-state index in [0.29, 0.717) is 24.0 Å². The van der Waals surface area contributed by atoms with Gasteiger partial charge >= 0.3 is 0 Å². The first-order chi connectivity index (χ1) is 10.2. The number of aromatic nitrogens is 5. The van der Waals surface area contributed by atoms with Crippen LogP contribution in [0.25, 0.3) is 11.0 Å². The van der Waals surface area contributed by atoms with Crippen molar-refractivity contribution in [2.24, 2.45) is 7.05 Å². The Bertz CT molecular complexity index is 840. The summed E-state index contributed by atoms with van der Waals surface area (Å²) in [7, 11) is 1.82. The van der Waals surface area contributed by atoms with Gasteiger partial charge in [0.1, 0.15) is 5.65 Å². The molecule has 0 unspecified atom stereocenters. The molecule has 7 nitrogen and oxygen atoms in total. The van der Waals surface area contributed by atoms with E-state index < -0.39 is 0 Å². The summed E-state index contributed by atoms with van der Waals surface area (Å²) >= 11 is 5.75. The van der Waals surface area contributed by atoms with Crippen molar-refractivity contribution in [1.82, 2.24) is 24.3 Å². The molecule has 0 saturated heterocycles. The van der Waals surface area contributed by atoms with E-state index in [4.69, 9.17) is 11.6 Å². The van der Waals surface area contributed by atoms with Gasteiger partial charge in [0.05, 0.1) is 11.9 Å². The summed E-state index contributed by atoms with van der Waals surface area (Å²) < 4.78 is 3.21. The van der Waals surface area contributed by atoms with Crippen LogP contribution in [0, 0.1) is 0 Å². The summed E-state index contributed by atoms with van der Waals surface area (Å²) in [5.41, 5.74) is 1.21. The molecule has 0 radical (unpaired) electrons. The number of nitrogens with one attached hydrogen (secondary N) is 1. The van der Waals surface area contributed by atoms with Gasteiger partial charge in [-0.3, -0.25) is 14.0 Å². The Morgan fingerprint density at radius 3 is 2.90 bits per heavy atom. The number of halogens is 1. The summed E-state index contributed by atoms with van der Waals surface area (Å²) in [6, 6.07) is 3.20. The van der Waals surface area contributed by atoms with Gasteiger partial charge in [0.15, 0.2) is 0 Å². The summed E-state index contributed by atoms with van der Waals surface area (Å²) in [5, 5.41) is 7.90. The van der Waals surface area contributed by atoms with Gasteiger partial charge in [-0.1, -0.05) is 0 Å². The number of nitrogens with zero attached hydrogens (tertiary/aromatic N) is 5. The van der Waals surface area contributed by atoms with Gasteiger partial charge in [-0.25, -0.2) is 4.98 Å². The Labute approximate surface area is 125 Å². The van der Waals surface area contributed by atoms with E-state index in [9.17, 15) is 4.79 Å². The zero-order valence-electron chi connectivity index (χ0n) is 11.3. The van der Waals surface area contributed by atoms with Gasteiger partial charge in [-0.05, 0) is 6.07 Å². The topological polar surface area (TPSA) is 77.6 Å². The molecule has 8 heteroatoms. The molecule has 3 aromatic heterocycles. The highest BCUT2D eigenvalue weighted by Crippen LogP contribution is 2.15. The monoisotopic (exact) mass is 304 g/mol. The van der Waals surface area contributed by atoms with Gasteiger partial charge in [-0.15, -0.1) is 11.6 Å². The normalized spacial score (nSPS) is 11.0. The fourth-order valence-corrected chi connectivity index (χ4v) is 2.22. The largest absolute Gasteiger partial charge is 0.321 e. The van der Waals surface area contributed by atoms with E-state index in [1.165, 1.54) is 6.07 Å². The first-order valence-electron chi connectivity index (χ1n) is 6.35. The van der Waals surface area contributed by atoms with E-state index in [2.05, 4.69) is 20.4 Å². The van der Waals surface area contributed by atoms with Crippen LogP contribution in [-0.2, 0) is 13.6 Å². The minimum absolute atomic E-state index is 0.130. The smallest absolute Gasteiger partial charge is 0.252 e. The summed E-state index contributed by atoms with van der Waals surface area (Å²) in [6.07, 6.45) is 5.15. The average molecular weight is 305 g/mol. The molecule has 0 spiro atoms. The van der Waals surface area contributed by atoms with Crippen molar-refractivity contribution in [3.8, 4) is 0 Å². The molecule has 0 saturated carbocycles. The Kier molecular flexibility index (Phi) is 3.57. The van der Waals surface area contributed by atoms with Crippen molar-refractivity contribution in [3.63, 3.8) is 0 Å². The second kappa shape index (κ2) is 5.53. The van der Waals surface area contributed by atoms with Crippen LogP contribution in [0.4, 0.5) is 11.6 Å². The van der Waals surface area contributed by atoms with Crippen molar-refractivity contribution in [2.75, 3.05) is 11.2 Å². The fraction of sp³-hybridized carbons (Fsp3) is 0.231. The lowest BCUT2D eigenvalue weighted by atomic mass is 10.3. The zero-order valence-corrected chi connectivity index (χ0v) is 12.1. The summed E-state index contributed by atoms with van der Waals surface area (Å²) in [5.74, 6) is 0.749.